The molecule has 0 spiro atoms. The number of aliphatic hydroxyl groups is 1. The van der Waals surface area contributed by atoms with Crippen LogP contribution in [0.25, 0.3) is 0 Å². The zero-order chi connectivity index (χ0) is 15.7. The topological polar surface area (TPSA) is 69.6 Å². The van der Waals surface area contributed by atoms with Gasteiger partial charge in [0.2, 0.25) is 5.91 Å². The molecule has 0 radical (unpaired) electrons. The number of aryl methyl sites for hydroxylation is 1. The van der Waals surface area contributed by atoms with Crippen molar-refractivity contribution in [2.24, 2.45) is 0 Å². The summed E-state index contributed by atoms with van der Waals surface area (Å²) in [7, 11) is 1.72. The van der Waals surface area contributed by atoms with Crippen LogP contribution in [0.15, 0.2) is 24.3 Å². The van der Waals surface area contributed by atoms with Gasteiger partial charge in [-0.15, -0.1) is 0 Å². The average Bonchev–Trinajstić information content (AvgIpc) is 2.48. The van der Waals surface area contributed by atoms with Crippen LogP contribution in [0, 0.1) is 6.92 Å². The highest BCUT2D eigenvalue weighted by atomic mass is 16.3. The number of amides is 2. The molecule has 0 aliphatic carbocycles. The summed E-state index contributed by atoms with van der Waals surface area (Å²) in [5.41, 5.74) is 1.57. The van der Waals surface area contributed by atoms with E-state index in [4.69, 9.17) is 5.11 Å². The Balaban J connectivity index is 2.33. The first-order chi connectivity index (χ1) is 10.0. The maximum atomic E-state index is 11.9. The molecule has 21 heavy (non-hydrogen) atoms. The molecule has 5 heteroatoms. The van der Waals surface area contributed by atoms with Crippen molar-refractivity contribution in [1.29, 1.82) is 0 Å². The first kappa shape index (κ1) is 17.2. The first-order valence-corrected chi connectivity index (χ1v) is 7.24. The molecular weight excluding hydrogens is 268 g/mol. The van der Waals surface area contributed by atoms with Crippen LogP contribution in [0.5, 0.6) is 0 Å². The van der Waals surface area contributed by atoms with Crippen molar-refractivity contribution in [3.05, 3.63) is 35.4 Å². The van der Waals surface area contributed by atoms with Gasteiger partial charge < -0.3 is 15.3 Å². The molecule has 0 aromatic heterocycles. The molecule has 0 bridgehead atoms. The Morgan fingerprint density at radius 1 is 1.24 bits per heavy atom. The molecule has 2 amide bonds. The van der Waals surface area contributed by atoms with Gasteiger partial charge in [0.1, 0.15) is 0 Å². The standard InChI is InChI=1S/C16H24N2O3/c1-13-7-6-8-14(11-13)16(21)17-12-15(20)18(2)9-4-3-5-10-19/h6-8,11,19H,3-5,9-10,12H2,1-2H3,(H,17,21). The molecule has 0 fully saturated rings. The van der Waals surface area contributed by atoms with E-state index in [9.17, 15) is 9.59 Å². The van der Waals surface area contributed by atoms with Crippen LogP contribution in [-0.2, 0) is 4.79 Å². The van der Waals surface area contributed by atoms with Crippen LogP contribution in [0.3, 0.4) is 0 Å². The van der Waals surface area contributed by atoms with Crippen molar-refractivity contribution in [1.82, 2.24) is 10.2 Å². The van der Waals surface area contributed by atoms with Gasteiger partial charge in [-0.1, -0.05) is 17.7 Å². The second-order valence-electron chi connectivity index (χ2n) is 5.15. The zero-order valence-electron chi connectivity index (χ0n) is 12.8. The van der Waals surface area contributed by atoms with Crippen molar-refractivity contribution < 1.29 is 14.7 Å². The highest BCUT2D eigenvalue weighted by molar-refractivity contribution is 5.96. The van der Waals surface area contributed by atoms with Gasteiger partial charge in [0, 0.05) is 25.8 Å². The third-order valence-electron chi connectivity index (χ3n) is 3.26. The SMILES string of the molecule is Cc1cccc(C(=O)NCC(=O)N(C)CCCCCO)c1. The molecule has 2 N–H and O–H groups in total. The van der Waals surface area contributed by atoms with Crippen LogP contribution >= 0.6 is 0 Å². The van der Waals surface area contributed by atoms with Gasteiger partial charge in [-0.25, -0.2) is 0 Å². The van der Waals surface area contributed by atoms with Crippen molar-refractivity contribution in [2.45, 2.75) is 26.2 Å². The lowest BCUT2D eigenvalue weighted by Crippen LogP contribution is -2.38. The minimum absolute atomic E-state index is 0.00325. The second kappa shape index (κ2) is 9.13. The van der Waals surface area contributed by atoms with Gasteiger partial charge in [0.05, 0.1) is 6.54 Å². The Labute approximate surface area is 126 Å². The van der Waals surface area contributed by atoms with Crippen molar-refractivity contribution >= 4 is 11.8 Å². The minimum atomic E-state index is -0.235. The summed E-state index contributed by atoms with van der Waals surface area (Å²) >= 11 is 0. The summed E-state index contributed by atoms with van der Waals surface area (Å²) in [4.78, 5) is 25.4. The van der Waals surface area contributed by atoms with E-state index >= 15 is 0 Å². The summed E-state index contributed by atoms with van der Waals surface area (Å²) in [5, 5.41) is 11.3. The molecule has 0 heterocycles. The van der Waals surface area contributed by atoms with Gasteiger partial charge >= 0.3 is 0 Å². The summed E-state index contributed by atoms with van der Waals surface area (Å²) in [6, 6.07) is 7.26. The number of benzene rings is 1. The predicted molar refractivity (Wildman–Crippen MR) is 82.1 cm³/mol. The van der Waals surface area contributed by atoms with Crippen LogP contribution in [0.2, 0.25) is 0 Å². The Morgan fingerprint density at radius 2 is 2.00 bits per heavy atom. The second-order valence-corrected chi connectivity index (χ2v) is 5.15. The molecule has 0 aliphatic rings. The minimum Gasteiger partial charge on any atom is -0.396 e. The Morgan fingerprint density at radius 3 is 2.67 bits per heavy atom. The first-order valence-electron chi connectivity index (χ1n) is 7.24. The zero-order valence-corrected chi connectivity index (χ0v) is 12.8. The number of hydrogen-bond donors (Lipinski definition) is 2. The molecule has 0 saturated carbocycles. The summed E-state index contributed by atoms with van der Waals surface area (Å²) in [6.07, 6.45) is 2.50. The maximum Gasteiger partial charge on any atom is 0.251 e. The van der Waals surface area contributed by atoms with Crippen LogP contribution in [0.1, 0.15) is 35.2 Å². The molecule has 0 unspecified atom stereocenters. The number of carbonyl (C=O) groups excluding carboxylic acids is 2. The highest BCUT2D eigenvalue weighted by Crippen LogP contribution is 2.03. The molecule has 0 atom stereocenters. The van der Waals surface area contributed by atoms with Crippen LogP contribution in [-0.4, -0.2) is 48.6 Å². The number of hydrogen-bond acceptors (Lipinski definition) is 3. The van der Waals surface area contributed by atoms with Crippen molar-refractivity contribution in [3.8, 4) is 0 Å². The van der Waals surface area contributed by atoms with Crippen LogP contribution in [0.4, 0.5) is 0 Å². The van der Waals surface area contributed by atoms with Gasteiger partial charge in [0.25, 0.3) is 5.91 Å². The third kappa shape index (κ3) is 6.40. The molecule has 1 rings (SSSR count). The normalized spacial score (nSPS) is 10.2. The number of nitrogens with one attached hydrogen (secondary N) is 1. The van der Waals surface area contributed by atoms with E-state index in [1.807, 2.05) is 19.1 Å². The summed E-state index contributed by atoms with van der Waals surface area (Å²) < 4.78 is 0. The van der Waals surface area contributed by atoms with E-state index in [1.54, 1.807) is 24.1 Å². The van der Waals surface area contributed by atoms with Crippen molar-refractivity contribution in [3.63, 3.8) is 0 Å². The van der Waals surface area contributed by atoms with E-state index < -0.39 is 0 Å². The van der Waals surface area contributed by atoms with Gasteiger partial charge in [-0.3, -0.25) is 9.59 Å². The number of nitrogens with zero attached hydrogens (tertiary/aromatic N) is 1. The molecule has 0 saturated heterocycles. The quantitative estimate of drug-likeness (QED) is 0.711. The lowest BCUT2D eigenvalue weighted by atomic mass is 10.1. The fourth-order valence-electron chi connectivity index (χ4n) is 1.94. The molecular formula is C16H24N2O3. The number of likely N-dealkylation sites (N-methyl/N-ethyl adjacent to an activating group) is 1. The molecule has 5 nitrogen and oxygen atoms in total. The van der Waals surface area contributed by atoms with E-state index in [0.717, 1.165) is 24.8 Å². The fraction of sp³-hybridized carbons (Fsp3) is 0.500. The molecule has 116 valence electrons. The van der Waals surface area contributed by atoms with Crippen LogP contribution < -0.4 is 5.32 Å². The number of aliphatic hydroxyl groups excluding tert-OH is 1. The van der Waals surface area contributed by atoms with Crippen molar-refractivity contribution in [2.75, 3.05) is 26.7 Å². The van der Waals surface area contributed by atoms with E-state index in [2.05, 4.69) is 5.32 Å². The van der Waals surface area contributed by atoms with Gasteiger partial charge in [-0.2, -0.15) is 0 Å². The number of unbranched alkanes of at least 4 members (excludes halogenated alkanes) is 2. The molecule has 0 aliphatic heterocycles. The third-order valence-corrected chi connectivity index (χ3v) is 3.26. The molecule has 1 aromatic rings. The van der Waals surface area contributed by atoms with E-state index in [-0.39, 0.29) is 25.0 Å². The van der Waals surface area contributed by atoms with Gasteiger partial charge in [0.15, 0.2) is 0 Å². The summed E-state index contributed by atoms with van der Waals surface area (Å²) in [6.45, 7) is 2.74. The Hall–Kier alpha value is -1.88. The lowest BCUT2D eigenvalue weighted by Gasteiger charge is -2.17. The monoisotopic (exact) mass is 292 g/mol. The summed E-state index contributed by atoms with van der Waals surface area (Å²) in [5.74, 6) is -0.347. The Kier molecular flexibility index (Phi) is 7.46. The number of carbonyl (C=O) groups is 2. The fourth-order valence-corrected chi connectivity index (χ4v) is 1.94. The smallest absolute Gasteiger partial charge is 0.251 e. The molecule has 1 aromatic carbocycles. The highest BCUT2D eigenvalue weighted by Gasteiger charge is 2.11. The largest absolute Gasteiger partial charge is 0.396 e. The number of rotatable bonds is 8. The predicted octanol–water partition coefficient (Wildman–Crippen LogP) is 1.35. The maximum absolute atomic E-state index is 11.9. The van der Waals surface area contributed by atoms with E-state index in [0.29, 0.717) is 12.1 Å². The lowest BCUT2D eigenvalue weighted by molar-refractivity contribution is -0.128. The van der Waals surface area contributed by atoms with Gasteiger partial charge in [-0.05, 0) is 38.3 Å². The Bertz CT molecular complexity index is 474. The average molecular weight is 292 g/mol. The van der Waals surface area contributed by atoms with E-state index in [1.165, 1.54) is 0 Å².